The molecule has 0 radical (unpaired) electrons. The minimum atomic E-state index is -0.848. The van der Waals surface area contributed by atoms with Crippen LogP contribution in [-0.4, -0.2) is 28.9 Å². The molecule has 0 atom stereocenters. The highest BCUT2D eigenvalue weighted by molar-refractivity contribution is 5.89. The summed E-state index contributed by atoms with van der Waals surface area (Å²) in [6.07, 6.45) is 3.57. The van der Waals surface area contributed by atoms with Crippen molar-refractivity contribution < 1.29 is 14.6 Å². The Bertz CT molecular complexity index is 432. The highest BCUT2D eigenvalue weighted by Crippen LogP contribution is 2.28. The molecule has 0 saturated heterocycles. The van der Waals surface area contributed by atoms with Crippen LogP contribution in [0.4, 0.5) is 0 Å². The molecule has 4 heteroatoms. The van der Waals surface area contributed by atoms with Crippen LogP contribution in [-0.2, 0) is 11.3 Å². The highest BCUT2D eigenvalue weighted by Gasteiger charge is 2.21. The van der Waals surface area contributed by atoms with E-state index in [2.05, 4.69) is 4.57 Å². The summed E-state index contributed by atoms with van der Waals surface area (Å²) in [5, 5.41) is 9.04. The van der Waals surface area contributed by atoms with Crippen molar-refractivity contribution in [2.45, 2.75) is 39.7 Å². The average Bonchev–Trinajstić information content (AvgIpc) is 3.08. The van der Waals surface area contributed by atoms with Crippen LogP contribution in [0.1, 0.15) is 41.0 Å². The Balaban J connectivity index is 1.82. The fraction of sp³-hybridized carbons (Fsp3) is 0.643. The predicted molar refractivity (Wildman–Crippen MR) is 69.0 cm³/mol. The van der Waals surface area contributed by atoms with E-state index in [-0.39, 0.29) is 0 Å². The number of rotatable bonds is 7. The van der Waals surface area contributed by atoms with Crippen LogP contribution in [0.25, 0.3) is 0 Å². The van der Waals surface area contributed by atoms with Gasteiger partial charge in [-0.25, -0.2) is 4.79 Å². The fourth-order valence-corrected chi connectivity index (χ4v) is 2.22. The van der Waals surface area contributed by atoms with Crippen LogP contribution in [0.2, 0.25) is 0 Å². The molecule has 0 aliphatic heterocycles. The normalized spacial score (nSPS) is 15.0. The van der Waals surface area contributed by atoms with E-state index in [1.807, 2.05) is 13.8 Å². The second-order valence-corrected chi connectivity index (χ2v) is 5.11. The second kappa shape index (κ2) is 5.57. The van der Waals surface area contributed by atoms with Crippen molar-refractivity contribution in [3.63, 3.8) is 0 Å². The van der Waals surface area contributed by atoms with Gasteiger partial charge in [-0.3, -0.25) is 0 Å². The molecule has 0 spiro atoms. The molecule has 1 aromatic heterocycles. The maximum Gasteiger partial charge on any atom is 0.337 e. The molecule has 1 N–H and O–H groups in total. The quantitative estimate of drug-likeness (QED) is 0.758. The predicted octanol–water partition coefficient (Wildman–Crippen LogP) is 2.62. The first kappa shape index (κ1) is 13.1. The number of nitrogens with zero attached hydrogens (tertiary/aromatic N) is 1. The SMILES string of the molecule is Cc1cc(C(=O)O)c(C)n1CCCOCC1CC1. The van der Waals surface area contributed by atoms with Crippen LogP contribution in [0.15, 0.2) is 6.07 Å². The molecule has 0 unspecified atom stereocenters. The molecule has 0 aromatic carbocycles. The van der Waals surface area contributed by atoms with Crippen molar-refractivity contribution >= 4 is 5.97 Å². The Morgan fingerprint density at radius 2 is 2.22 bits per heavy atom. The standard InChI is InChI=1S/C14H21NO3/c1-10-8-13(14(16)17)11(2)15(10)6-3-7-18-9-12-4-5-12/h8,12H,3-7,9H2,1-2H3,(H,16,17). The molecule has 1 fully saturated rings. The van der Waals surface area contributed by atoms with Crippen molar-refractivity contribution in [1.82, 2.24) is 4.57 Å². The number of carboxylic acids is 1. The van der Waals surface area contributed by atoms with E-state index in [4.69, 9.17) is 9.84 Å². The molecular formula is C14H21NO3. The van der Waals surface area contributed by atoms with E-state index in [0.717, 1.165) is 43.5 Å². The largest absolute Gasteiger partial charge is 0.478 e. The van der Waals surface area contributed by atoms with Crippen LogP contribution in [0, 0.1) is 19.8 Å². The van der Waals surface area contributed by atoms with Gasteiger partial charge in [-0.15, -0.1) is 0 Å². The van der Waals surface area contributed by atoms with Crippen molar-refractivity contribution in [3.05, 3.63) is 23.0 Å². The van der Waals surface area contributed by atoms with Crippen molar-refractivity contribution in [2.75, 3.05) is 13.2 Å². The van der Waals surface area contributed by atoms with Gasteiger partial charge in [0.25, 0.3) is 0 Å². The first-order valence-corrected chi connectivity index (χ1v) is 6.57. The lowest BCUT2D eigenvalue weighted by atomic mass is 10.2. The van der Waals surface area contributed by atoms with Crippen molar-refractivity contribution in [3.8, 4) is 0 Å². The van der Waals surface area contributed by atoms with E-state index < -0.39 is 5.97 Å². The molecule has 1 aromatic rings. The van der Waals surface area contributed by atoms with E-state index in [1.54, 1.807) is 6.07 Å². The molecule has 2 rings (SSSR count). The Hall–Kier alpha value is -1.29. The summed E-state index contributed by atoms with van der Waals surface area (Å²) in [6, 6.07) is 1.74. The number of aromatic carboxylic acids is 1. The number of hydrogen-bond donors (Lipinski definition) is 1. The molecule has 0 amide bonds. The van der Waals surface area contributed by atoms with Crippen LogP contribution >= 0.6 is 0 Å². The van der Waals surface area contributed by atoms with E-state index in [1.165, 1.54) is 12.8 Å². The van der Waals surface area contributed by atoms with E-state index in [0.29, 0.717) is 5.56 Å². The van der Waals surface area contributed by atoms with Gasteiger partial charge in [-0.1, -0.05) is 0 Å². The molecule has 1 saturated carbocycles. The Morgan fingerprint density at radius 3 is 2.78 bits per heavy atom. The molecule has 4 nitrogen and oxygen atoms in total. The molecule has 100 valence electrons. The first-order valence-electron chi connectivity index (χ1n) is 6.57. The Kier molecular flexibility index (Phi) is 4.07. The number of ether oxygens (including phenoxy) is 1. The van der Waals surface area contributed by atoms with Gasteiger partial charge in [-0.05, 0) is 45.1 Å². The smallest absolute Gasteiger partial charge is 0.337 e. The number of carbonyl (C=O) groups is 1. The van der Waals surface area contributed by atoms with Gasteiger partial charge in [0, 0.05) is 31.1 Å². The number of carboxylic acid groups (broad SMARTS) is 1. The van der Waals surface area contributed by atoms with E-state index >= 15 is 0 Å². The summed E-state index contributed by atoms with van der Waals surface area (Å²) >= 11 is 0. The molecular weight excluding hydrogens is 230 g/mol. The van der Waals surface area contributed by atoms with Crippen molar-refractivity contribution in [2.24, 2.45) is 5.92 Å². The Labute approximate surface area is 108 Å². The third-order valence-corrected chi connectivity index (χ3v) is 3.52. The molecule has 1 heterocycles. The number of hydrogen-bond acceptors (Lipinski definition) is 2. The monoisotopic (exact) mass is 251 g/mol. The summed E-state index contributed by atoms with van der Waals surface area (Å²) in [7, 11) is 0. The van der Waals surface area contributed by atoms with Gasteiger partial charge in [0.2, 0.25) is 0 Å². The zero-order valence-corrected chi connectivity index (χ0v) is 11.1. The average molecular weight is 251 g/mol. The number of aryl methyl sites for hydroxylation is 1. The van der Waals surface area contributed by atoms with Crippen LogP contribution < -0.4 is 0 Å². The maximum absolute atomic E-state index is 11.0. The minimum absolute atomic E-state index is 0.409. The van der Waals surface area contributed by atoms with Gasteiger partial charge < -0.3 is 14.4 Å². The summed E-state index contributed by atoms with van der Waals surface area (Å²) in [5.74, 6) is -0.0435. The highest BCUT2D eigenvalue weighted by atomic mass is 16.5. The fourth-order valence-electron chi connectivity index (χ4n) is 2.22. The van der Waals surface area contributed by atoms with Crippen LogP contribution in [0.5, 0.6) is 0 Å². The van der Waals surface area contributed by atoms with Gasteiger partial charge in [0.05, 0.1) is 5.56 Å². The Morgan fingerprint density at radius 1 is 1.50 bits per heavy atom. The summed E-state index contributed by atoms with van der Waals surface area (Å²) in [4.78, 5) is 11.0. The molecule has 1 aliphatic carbocycles. The molecule has 0 bridgehead atoms. The third kappa shape index (κ3) is 3.13. The lowest BCUT2D eigenvalue weighted by Crippen LogP contribution is -2.08. The molecule has 18 heavy (non-hydrogen) atoms. The zero-order chi connectivity index (χ0) is 13.1. The molecule has 1 aliphatic rings. The second-order valence-electron chi connectivity index (χ2n) is 5.11. The van der Waals surface area contributed by atoms with E-state index in [9.17, 15) is 4.79 Å². The topological polar surface area (TPSA) is 51.5 Å². The third-order valence-electron chi connectivity index (χ3n) is 3.52. The minimum Gasteiger partial charge on any atom is -0.478 e. The zero-order valence-electron chi connectivity index (χ0n) is 11.1. The van der Waals surface area contributed by atoms with Gasteiger partial charge in [0.15, 0.2) is 0 Å². The van der Waals surface area contributed by atoms with Gasteiger partial charge >= 0.3 is 5.97 Å². The summed E-state index contributed by atoms with van der Waals surface area (Å²) in [6.45, 7) is 6.29. The van der Waals surface area contributed by atoms with Crippen molar-refractivity contribution in [1.29, 1.82) is 0 Å². The maximum atomic E-state index is 11.0. The van der Waals surface area contributed by atoms with Gasteiger partial charge in [-0.2, -0.15) is 0 Å². The van der Waals surface area contributed by atoms with Gasteiger partial charge in [0.1, 0.15) is 0 Å². The summed E-state index contributed by atoms with van der Waals surface area (Å²) < 4.78 is 7.64. The number of aromatic nitrogens is 1. The summed E-state index contributed by atoms with van der Waals surface area (Å²) in [5.41, 5.74) is 2.25. The lowest BCUT2D eigenvalue weighted by molar-refractivity contribution is 0.0696. The van der Waals surface area contributed by atoms with Crippen LogP contribution in [0.3, 0.4) is 0 Å². The lowest BCUT2D eigenvalue weighted by Gasteiger charge is -2.09. The first-order chi connectivity index (χ1) is 8.59.